The minimum atomic E-state index is -0.411. The Morgan fingerprint density at radius 3 is 2.45 bits per heavy atom. The van der Waals surface area contributed by atoms with Gasteiger partial charge in [0.15, 0.2) is 0 Å². The van der Waals surface area contributed by atoms with Gasteiger partial charge in [-0.3, -0.25) is 0 Å². The average Bonchev–Trinajstić information content (AvgIpc) is 2.42. The van der Waals surface area contributed by atoms with Gasteiger partial charge in [-0.25, -0.2) is 0 Å². The van der Waals surface area contributed by atoms with Crippen LogP contribution in [0.5, 0.6) is 5.75 Å². The van der Waals surface area contributed by atoms with E-state index in [-0.39, 0.29) is 0 Å². The van der Waals surface area contributed by atoms with Crippen LogP contribution in [0.25, 0.3) is 0 Å². The minimum Gasteiger partial charge on any atom is -0.494 e. The molecule has 0 spiro atoms. The molecule has 1 N–H and O–H groups in total. The molecule has 1 aromatic rings. The number of hydrogen-bond acceptors (Lipinski definition) is 3. The molecule has 112 valence electrons. The lowest BCUT2D eigenvalue weighted by Crippen LogP contribution is -2.35. The van der Waals surface area contributed by atoms with Crippen LogP contribution in [0.3, 0.4) is 0 Å². The lowest BCUT2D eigenvalue weighted by Gasteiger charge is -2.32. The smallest absolute Gasteiger partial charge is 0.119 e. The van der Waals surface area contributed by atoms with Gasteiger partial charge in [-0.05, 0) is 49.9 Å². The first-order valence-corrected chi connectivity index (χ1v) is 7.86. The molecule has 3 nitrogen and oxygen atoms in total. The van der Waals surface area contributed by atoms with Crippen molar-refractivity contribution in [2.45, 2.75) is 39.2 Å². The van der Waals surface area contributed by atoms with Crippen LogP contribution in [0.15, 0.2) is 24.3 Å². The number of rotatable bonds is 8. The molecule has 1 unspecified atom stereocenters. The van der Waals surface area contributed by atoms with Gasteiger partial charge in [-0.15, -0.1) is 0 Å². The standard InChI is InChI=1S/C17H27NO2/c1-3-18(12-14-6-5-7-14)13-17(19)15-8-10-16(11-9-15)20-4-2/h8-11,14,17,19H,3-7,12-13H2,1-2H3. The molecule has 0 bridgehead atoms. The Hall–Kier alpha value is -1.06. The summed E-state index contributed by atoms with van der Waals surface area (Å²) in [6.45, 7) is 7.68. The normalized spacial score (nSPS) is 17.0. The Bertz CT molecular complexity index is 386. The van der Waals surface area contributed by atoms with E-state index in [4.69, 9.17) is 4.74 Å². The van der Waals surface area contributed by atoms with Crippen LogP contribution in [0.2, 0.25) is 0 Å². The summed E-state index contributed by atoms with van der Waals surface area (Å²) in [7, 11) is 0. The summed E-state index contributed by atoms with van der Waals surface area (Å²) in [5.74, 6) is 1.72. The summed E-state index contributed by atoms with van der Waals surface area (Å²) >= 11 is 0. The highest BCUT2D eigenvalue weighted by molar-refractivity contribution is 5.28. The van der Waals surface area contributed by atoms with Gasteiger partial charge < -0.3 is 14.7 Å². The average molecular weight is 277 g/mol. The Kier molecular flexibility index (Phi) is 5.86. The van der Waals surface area contributed by atoms with E-state index in [0.717, 1.165) is 36.9 Å². The van der Waals surface area contributed by atoms with Crippen molar-refractivity contribution in [1.29, 1.82) is 0 Å². The molecule has 0 amide bonds. The van der Waals surface area contributed by atoms with Crippen molar-refractivity contribution in [2.24, 2.45) is 5.92 Å². The van der Waals surface area contributed by atoms with Crippen LogP contribution in [-0.4, -0.2) is 36.2 Å². The zero-order chi connectivity index (χ0) is 14.4. The number of hydrogen-bond donors (Lipinski definition) is 1. The molecule has 0 radical (unpaired) electrons. The quantitative estimate of drug-likeness (QED) is 0.792. The van der Waals surface area contributed by atoms with Crippen LogP contribution in [0.1, 0.15) is 44.8 Å². The van der Waals surface area contributed by atoms with Gasteiger partial charge in [0.25, 0.3) is 0 Å². The summed E-state index contributed by atoms with van der Waals surface area (Å²) in [5, 5.41) is 10.4. The predicted octanol–water partition coefficient (Wildman–Crippen LogP) is 3.24. The molecule has 20 heavy (non-hydrogen) atoms. The van der Waals surface area contributed by atoms with E-state index in [1.807, 2.05) is 31.2 Å². The second-order valence-corrected chi connectivity index (χ2v) is 5.67. The third-order valence-electron chi connectivity index (χ3n) is 4.20. The fraction of sp³-hybridized carbons (Fsp3) is 0.647. The molecule has 3 heteroatoms. The van der Waals surface area contributed by atoms with E-state index < -0.39 is 6.10 Å². The first-order chi connectivity index (χ1) is 9.72. The number of benzene rings is 1. The summed E-state index contributed by atoms with van der Waals surface area (Å²) in [6, 6.07) is 7.80. The van der Waals surface area contributed by atoms with E-state index in [9.17, 15) is 5.11 Å². The number of likely N-dealkylation sites (N-methyl/N-ethyl adjacent to an activating group) is 1. The molecule has 0 saturated heterocycles. The largest absolute Gasteiger partial charge is 0.494 e. The molecular formula is C17H27NO2. The van der Waals surface area contributed by atoms with Crippen LogP contribution >= 0.6 is 0 Å². The minimum absolute atomic E-state index is 0.411. The predicted molar refractivity (Wildman–Crippen MR) is 82.0 cm³/mol. The second kappa shape index (κ2) is 7.65. The van der Waals surface area contributed by atoms with Gasteiger partial charge in [-0.2, -0.15) is 0 Å². The number of aliphatic hydroxyl groups is 1. The van der Waals surface area contributed by atoms with Crippen molar-refractivity contribution < 1.29 is 9.84 Å². The van der Waals surface area contributed by atoms with E-state index in [1.54, 1.807) is 0 Å². The number of nitrogens with zero attached hydrogens (tertiary/aromatic N) is 1. The Morgan fingerprint density at radius 1 is 1.25 bits per heavy atom. The fourth-order valence-corrected chi connectivity index (χ4v) is 2.68. The van der Waals surface area contributed by atoms with E-state index in [0.29, 0.717) is 6.61 Å². The van der Waals surface area contributed by atoms with E-state index >= 15 is 0 Å². The van der Waals surface area contributed by atoms with E-state index in [2.05, 4.69) is 11.8 Å². The molecule has 1 aromatic carbocycles. The molecule has 1 atom stereocenters. The molecule has 1 fully saturated rings. The van der Waals surface area contributed by atoms with Crippen LogP contribution in [0.4, 0.5) is 0 Å². The fourth-order valence-electron chi connectivity index (χ4n) is 2.68. The zero-order valence-electron chi connectivity index (χ0n) is 12.7. The third-order valence-corrected chi connectivity index (χ3v) is 4.20. The Balaban J connectivity index is 1.86. The molecular weight excluding hydrogens is 250 g/mol. The first-order valence-electron chi connectivity index (χ1n) is 7.86. The Labute approximate surface area is 122 Å². The highest BCUT2D eigenvalue weighted by Gasteiger charge is 2.21. The number of aliphatic hydroxyl groups excluding tert-OH is 1. The monoisotopic (exact) mass is 277 g/mol. The lowest BCUT2D eigenvalue weighted by atomic mass is 9.85. The molecule has 1 aliphatic rings. The van der Waals surface area contributed by atoms with Gasteiger partial charge in [0.1, 0.15) is 5.75 Å². The summed E-state index contributed by atoms with van der Waals surface area (Å²) < 4.78 is 5.43. The van der Waals surface area contributed by atoms with Gasteiger partial charge in [0.05, 0.1) is 12.7 Å². The van der Waals surface area contributed by atoms with Crippen LogP contribution in [0, 0.1) is 5.92 Å². The lowest BCUT2D eigenvalue weighted by molar-refractivity contribution is 0.0941. The third kappa shape index (κ3) is 4.22. The first kappa shape index (κ1) is 15.3. The maximum atomic E-state index is 10.4. The summed E-state index contributed by atoms with van der Waals surface area (Å²) in [6.07, 6.45) is 3.68. The van der Waals surface area contributed by atoms with Crippen molar-refractivity contribution in [1.82, 2.24) is 4.90 Å². The van der Waals surface area contributed by atoms with Gasteiger partial charge in [0, 0.05) is 13.1 Å². The summed E-state index contributed by atoms with van der Waals surface area (Å²) in [5.41, 5.74) is 0.973. The highest BCUT2D eigenvalue weighted by Crippen LogP contribution is 2.28. The van der Waals surface area contributed by atoms with Crippen molar-refractivity contribution in [3.05, 3.63) is 29.8 Å². The van der Waals surface area contributed by atoms with Gasteiger partial charge >= 0.3 is 0 Å². The van der Waals surface area contributed by atoms with Crippen molar-refractivity contribution >= 4 is 0 Å². The molecule has 0 aromatic heterocycles. The van der Waals surface area contributed by atoms with E-state index in [1.165, 1.54) is 19.3 Å². The van der Waals surface area contributed by atoms with Crippen molar-refractivity contribution in [3.63, 3.8) is 0 Å². The number of ether oxygens (including phenoxy) is 1. The van der Waals surface area contributed by atoms with Gasteiger partial charge in [0.2, 0.25) is 0 Å². The van der Waals surface area contributed by atoms with Crippen LogP contribution in [-0.2, 0) is 0 Å². The summed E-state index contributed by atoms with van der Waals surface area (Å²) in [4.78, 5) is 2.37. The Morgan fingerprint density at radius 2 is 1.95 bits per heavy atom. The maximum Gasteiger partial charge on any atom is 0.119 e. The topological polar surface area (TPSA) is 32.7 Å². The molecule has 0 aliphatic heterocycles. The van der Waals surface area contributed by atoms with Crippen molar-refractivity contribution in [3.8, 4) is 5.75 Å². The maximum absolute atomic E-state index is 10.4. The molecule has 0 heterocycles. The second-order valence-electron chi connectivity index (χ2n) is 5.67. The highest BCUT2D eigenvalue weighted by atomic mass is 16.5. The van der Waals surface area contributed by atoms with Gasteiger partial charge in [-0.1, -0.05) is 25.5 Å². The molecule has 1 saturated carbocycles. The molecule has 2 rings (SSSR count). The molecule has 1 aliphatic carbocycles. The van der Waals surface area contributed by atoms with Crippen LogP contribution < -0.4 is 4.74 Å². The zero-order valence-corrected chi connectivity index (χ0v) is 12.7. The SMILES string of the molecule is CCOc1ccc(C(O)CN(CC)CC2CCC2)cc1. The van der Waals surface area contributed by atoms with Crippen molar-refractivity contribution in [2.75, 3.05) is 26.2 Å².